The lowest BCUT2D eigenvalue weighted by atomic mass is 10.1. The van der Waals surface area contributed by atoms with Crippen LogP contribution in [0, 0.1) is 17.0 Å². The first kappa shape index (κ1) is 16.5. The number of nitrogens with one attached hydrogen (secondary N) is 1. The Balaban J connectivity index is 1.89. The molecule has 0 atom stereocenters. The van der Waals surface area contributed by atoms with E-state index >= 15 is 0 Å². The Morgan fingerprint density at radius 2 is 2.12 bits per heavy atom. The molecule has 0 radical (unpaired) electrons. The second kappa shape index (κ2) is 6.65. The molecule has 1 aromatic heterocycles. The molecular weight excluding hydrogens is 348 g/mol. The molecule has 2 aromatic carbocycles. The summed E-state index contributed by atoms with van der Waals surface area (Å²) in [6.45, 7) is 1.81. The summed E-state index contributed by atoms with van der Waals surface area (Å²) in [6, 6.07) is 8.96. The van der Waals surface area contributed by atoms with E-state index in [1.807, 2.05) is 6.92 Å². The van der Waals surface area contributed by atoms with Gasteiger partial charge in [0.15, 0.2) is 0 Å². The Bertz CT molecular complexity index is 958. The molecule has 0 fully saturated rings. The number of rotatable bonds is 4. The van der Waals surface area contributed by atoms with Crippen molar-refractivity contribution in [1.29, 1.82) is 0 Å². The van der Waals surface area contributed by atoms with Crippen LogP contribution in [0.25, 0.3) is 5.69 Å². The van der Waals surface area contributed by atoms with Crippen molar-refractivity contribution in [3.63, 3.8) is 0 Å². The van der Waals surface area contributed by atoms with Crippen LogP contribution in [0.5, 0.6) is 0 Å². The minimum Gasteiger partial charge on any atom is -0.322 e. The molecule has 126 valence electrons. The zero-order valence-electron chi connectivity index (χ0n) is 12.9. The maximum absolute atomic E-state index is 12.5. The first-order valence-electron chi connectivity index (χ1n) is 7.05. The second-order valence-electron chi connectivity index (χ2n) is 5.08. The van der Waals surface area contributed by atoms with Crippen molar-refractivity contribution in [3.8, 4) is 5.69 Å². The fourth-order valence-corrected chi connectivity index (χ4v) is 2.53. The van der Waals surface area contributed by atoms with Crippen molar-refractivity contribution in [3.05, 3.63) is 69.0 Å². The predicted octanol–water partition coefficient (Wildman–Crippen LogP) is 2.78. The number of carbonyl (C=O) groups excluding carboxylic acids is 1. The van der Waals surface area contributed by atoms with Crippen molar-refractivity contribution in [2.75, 3.05) is 5.32 Å². The third kappa shape index (κ3) is 3.31. The highest BCUT2D eigenvalue weighted by atomic mass is 35.5. The van der Waals surface area contributed by atoms with Gasteiger partial charge >= 0.3 is 0 Å². The van der Waals surface area contributed by atoms with Crippen LogP contribution >= 0.6 is 11.6 Å². The maximum atomic E-state index is 12.5. The molecule has 9 nitrogen and oxygen atoms in total. The lowest BCUT2D eigenvalue weighted by molar-refractivity contribution is -0.384. The third-order valence-corrected chi connectivity index (χ3v) is 3.87. The molecule has 0 bridgehead atoms. The number of hydrogen-bond donors (Lipinski definition) is 1. The highest BCUT2D eigenvalue weighted by molar-refractivity contribution is 6.34. The van der Waals surface area contributed by atoms with Crippen molar-refractivity contribution >= 4 is 28.9 Å². The number of benzene rings is 2. The lowest BCUT2D eigenvalue weighted by Gasteiger charge is -2.12. The first-order valence-corrected chi connectivity index (χ1v) is 7.43. The number of nitro benzene ring substituents is 1. The van der Waals surface area contributed by atoms with Gasteiger partial charge < -0.3 is 5.32 Å². The van der Waals surface area contributed by atoms with E-state index in [0.717, 1.165) is 11.6 Å². The molecule has 1 N–H and O–H groups in total. The fourth-order valence-electron chi connectivity index (χ4n) is 2.27. The summed E-state index contributed by atoms with van der Waals surface area (Å²) in [4.78, 5) is 22.6. The van der Waals surface area contributed by atoms with Crippen LogP contribution in [0.3, 0.4) is 0 Å². The number of non-ortho nitro benzene ring substituents is 1. The molecule has 3 rings (SSSR count). The van der Waals surface area contributed by atoms with E-state index in [-0.39, 0.29) is 16.3 Å². The summed E-state index contributed by atoms with van der Waals surface area (Å²) in [5.41, 5.74) is 1.96. The van der Waals surface area contributed by atoms with Crippen LogP contribution in [0.1, 0.15) is 15.9 Å². The van der Waals surface area contributed by atoms with Gasteiger partial charge in [0.2, 0.25) is 0 Å². The third-order valence-electron chi connectivity index (χ3n) is 3.56. The second-order valence-corrected chi connectivity index (χ2v) is 5.49. The number of nitro groups is 1. The predicted molar refractivity (Wildman–Crippen MR) is 90.0 cm³/mol. The van der Waals surface area contributed by atoms with E-state index in [4.69, 9.17) is 11.6 Å². The molecular formula is C15H11ClN6O3. The van der Waals surface area contributed by atoms with E-state index < -0.39 is 10.8 Å². The van der Waals surface area contributed by atoms with E-state index in [1.165, 1.54) is 23.1 Å². The summed E-state index contributed by atoms with van der Waals surface area (Å²) in [6.07, 6.45) is 1.45. The van der Waals surface area contributed by atoms with Gasteiger partial charge in [-0.2, -0.15) is 0 Å². The van der Waals surface area contributed by atoms with Gasteiger partial charge in [-0.25, -0.2) is 4.68 Å². The van der Waals surface area contributed by atoms with Crippen molar-refractivity contribution in [2.24, 2.45) is 0 Å². The molecule has 0 saturated carbocycles. The Morgan fingerprint density at radius 3 is 2.76 bits per heavy atom. The zero-order chi connectivity index (χ0) is 18.0. The van der Waals surface area contributed by atoms with Gasteiger partial charge in [-0.15, -0.1) is 5.10 Å². The molecule has 0 unspecified atom stereocenters. The van der Waals surface area contributed by atoms with Crippen LogP contribution in [0.2, 0.25) is 5.02 Å². The Kier molecular flexibility index (Phi) is 4.40. The largest absolute Gasteiger partial charge is 0.322 e. The standard InChI is InChI=1S/C15H11ClN6O3/c1-9-13(3-2-4-14(9)21-8-17-19-20-21)18-15(23)11-6-5-10(22(24)25)7-12(11)16/h2-8H,1H3,(H,18,23). The van der Waals surface area contributed by atoms with Gasteiger partial charge in [-0.05, 0) is 41.1 Å². The molecule has 3 aromatic rings. The van der Waals surface area contributed by atoms with Gasteiger partial charge in [0.25, 0.3) is 11.6 Å². The first-order chi connectivity index (χ1) is 12.0. The van der Waals surface area contributed by atoms with Crippen molar-refractivity contribution < 1.29 is 9.72 Å². The van der Waals surface area contributed by atoms with Crippen LogP contribution in [0.4, 0.5) is 11.4 Å². The topological polar surface area (TPSA) is 116 Å². The number of aromatic nitrogens is 4. The molecule has 10 heteroatoms. The van der Waals surface area contributed by atoms with Gasteiger partial charge in [-0.3, -0.25) is 14.9 Å². The Morgan fingerprint density at radius 1 is 1.32 bits per heavy atom. The zero-order valence-corrected chi connectivity index (χ0v) is 13.6. The highest BCUT2D eigenvalue weighted by Crippen LogP contribution is 2.25. The molecule has 0 aliphatic carbocycles. The van der Waals surface area contributed by atoms with E-state index in [0.29, 0.717) is 11.4 Å². The minimum absolute atomic E-state index is 0.000911. The van der Waals surface area contributed by atoms with Crippen LogP contribution in [-0.2, 0) is 0 Å². The SMILES string of the molecule is Cc1c(NC(=O)c2ccc([N+](=O)[O-])cc2Cl)cccc1-n1cnnn1. The number of tetrazole rings is 1. The van der Waals surface area contributed by atoms with Crippen molar-refractivity contribution in [1.82, 2.24) is 20.2 Å². The monoisotopic (exact) mass is 358 g/mol. The maximum Gasteiger partial charge on any atom is 0.270 e. The van der Waals surface area contributed by atoms with E-state index in [2.05, 4.69) is 20.8 Å². The number of amides is 1. The van der Waals surface area contributed by atoms with Gasteiger partial charge in [0.05, 0.1) is 21.2 Å². The minimum atomic E-state index is -0.576. The highest BCUT2D eigenvalue weighted by Gasteiger charge is 2.16. The van der Waals surface area contributed by atoms with Crippen LogP contribution in [-0.4, -0.2) is 31.0 Å². The molecule has 25 heavy (non-hydrogen) atoms. The number of nitrogens with zero attached hydrogens (tertiary/aromatic N) is 5. The molecule has 0 spiro atoms. The quantitative estimate of drug-likeness (QED) is 0.566. The van der Waals surface area contributed by atoms with Crippen LogP contribution < -0.4 is 5.32 Å². The average Bonchev–Trinajstić information content (AvgIpc) is 3.10. The normalized spacial score (nSPS) is 10.5. The average molecular weight is 359 g/mol. The summed E-state index contributed by atoms with van der Waals surface area (Å²) in [5.74, 6) is -0.475. The van der Waals surface area contributed by atoms with E-state index in [1.54, 1.807) is 18.2 Å². The summed E-state index contributed by atoms with van der Waals surface area (Å²) in [7, 11) is 0. The van der Waals surface area contributed by atoms with Gasteiger partial charge in [-0.1, -0.05) is 17.7 Å². The summed E-state index contributed by atoms with van der Waals surface area (Å²) in [5, 5.41) is 24.5. The Hall–Kier alpha value is -3.33. The fraction of sp³-hybridized carbons (Fsp3) is 0.0667. The summed E-state index contributed by atoms with van der Waals surface area (Å²) < 4.78 is 1.48. The molecule has 0 aliphatic rings. The van der Waals surface area contributed by atoms with Crippen LogP contribution in [0.15, 0.2) is 42.7 Å². The molecule has 0 aliphatic heterocycles. The van der Waals surface area contributed by atoms with Gasteiger partial charge in [0, 0.05) is 17.8 Å². The Labute approximate surface area is 146 Å². The number of anilines is 1. The van der Waals surface area contributed by atoms with E-state index in [9.17, 15) is 14.9 Å². The summed E-state index contributed by atoms with van der Waals surface area (Å²) >= 11 is 5.99. The number of halogens is 1. The number of carbonyl (C=O) groups is 1. The van der Waals surface area contributed by atoms with Crippen molar-refractivity contribution in [2.45, 2.75) is 6.92 Å². The molecule has 1 heterocycles. The number of hydrogen-bond acceptors (Lipinski definition) is 6. The van der Waals surface area contributed by atoms with Gasteiger partial charge in [0.1, 0.15) is 6.33 Å². The molecule has 0 saturated heterocycles. The smallest absolute Gasteiger partial charge is 0.270 e. The molecule has 1 amide bonds. The lowest BCUT2D eigenvalue weighted by Crippen LogP contribution is -2.14.